The summed E-state index contributed by atoms with van der Waals surface area (Å²) in [5.41, 5.74) is 3.68. The Labute approximate surface area is 141 Å². The molecule has 130 valence electrons. The number of nitrogens with one attached hydrogen (secondary N) is 1. The Morgan fingerprint density at radius 3 is 2.12 bits per heavy atom. The second kappa shape index (κ2) is 6.60. The lowest BCUT2D eigenvalue weighted by atomic mass is 9.92. The van der Waals surface area contributed by atoms with Gasteiger partial charge in [0, 0.05) is 12.1 Å². The average Bonchev–Trinajstić information content (AvgIpc) is 2.44. The molecule has 0 radical (unpaired) electrons. The zero-order valence-corrected chi connectivity index (χ0v) is 14.8. The standard InChI is InChI=1S/C20H24F3N/c1-13-6-8-15(12-24-19(3,4)5)18(10-13)17-11-16(20(21,22)23)9-7-14(17)2/h6-11,24H,12H2,1-5H3. The van der Waals surface area contributed by atoms with E-state index in [-0.39, 0.29) is 5.54 Å². The summed E-state index contributed by atoms with van der Waals surface area (Å²) in [7, 11) is 0. The van der Waals surface area contributed by atoms with E-state index in [0.717, 1.165) is 28.3 Å². The van der Waals surface area contributed by atoms with Gasteiger partial charge in [-0.15, -0.1) is 0 Å². The Morgan fingerprint density at radius 1 is 0.875 bits per heavy atom. The van der Waals surface area contributed by atoms with Gasteiger partial charge in [0.15, 0.2) is 0 Å². The second-order valence-corrected chi connectivity index (χ2v) is 7.29. The van der Waals surface area contributed by atoms with Gasteiger partial charge in [0.05, 0.1) is 5.56 Å². The Balaban J connectivity index is 2.53. The quantitative estimate of drug-likeness (QED) is 0.739. The van der Waals surface area contributed by atoms with E-state index in [1.165, 1.54) is 6.07 Å². The van der Waals surface area contributed by atoms with Crippen molar-refractivity contribution in [1.82, 2.24) is 5.32 Å². The van der Waals surface area contributed by atoms with Gasteiger partial charge in [-0.05, 0) is 69.0 Å². The highest BCUT2D eigenvalue weighted by Crippen LogP contribution is 2.35. The maximum Gasteiger partial charge on any atom is 0.416 e. The summed E-state index contributed by atoms with van der Waals surface area (Å²) in [5, 5.41) is 3.41. The summed E-state index contributed by atoms with van der Waals surface area (Å²) in [6, 6.07) is 9.88. The first-order valence-electron chi connectivity index (χ1n) is 8.00. The van der Waals surface area contributed by atoms with Crippen LogP contribution in [0.5, 0.6) is 0 Å². The molecule has 1 nitrogen and oxygen atoms in total. The largest absolute Gasteiger partial charge is 0.416 e. The Kier molecular flexibility index (Phi) is 5.09. The minimum Gasteiger partial charge on any atom is -0.308 e. The van der Waals surface area contributed by atoms with Crippen LogP contribution in [0, 0.1) is 13.8 Å². The highest BCUT2D eigenvalue weighted by atomic mass is 19.4. The van der Waals surface area contributed by atoms with Crippen molar-refractivity contribution >= 4 is 0 Å². The third-order valence-corrected chi connectivity index (χ3v) is 3.93. The molecule has 2 aromatic carbocycles. The maximum absolute atomic E-state index is 13.1. The number of rotatable bonds is 3. The maximum atomic E-state index is 13.1. The molecule has 0 fully saturated rings. The molecule has 0 heterocycles. The zero-order chi connectivity index (χ0) is 18.1. The molecular weight excluding hydrogens is 311 g/mol. The summed E-state index contributed by atoms with van der Waals surface area (Å²) in [5.74, 6) is 0. The molecular formula is C20H24F3N. The van der Waals surface area contributed by atoms with E-state index in [1.54, 1.807) is 6.07 Å². The van der Waals surface area contributed by atoms with E-state index in [1.807, 2.05) is 32.0 Å². The van der Waals surface area contributed by atoms with Crippen molar-refractivity contribution in [2.45, 2.75) is 52.9 Å². The summed E-state index contributed by atoms with van der Waals surface area (Å²) >= 11 is 0. The van der Waals surface area contributed by atoms with Crippen molar-refractivity contribution in [1.29, 1.82) is 0 Å². The first-order chi connectivity index (χ1) is 11.0. The van der Waals surface area contributed by atoms with Crippen molar-refractivity contribution in [3.05, 3.63) is 58.7 Å². The van der Waals surface area contributed by atoms with Crippen LogP contribution in [0.2, 0.25) is 0 Å². The molecule has 2 aromatic rings. The minimum absolute atomic E-state index is 0.0645. The van der Waals surface area contributed by atoms with Gasteiger partial charge >= 0.3 is 6.18 Å². The minimum atomic E-state index is -4.34. The lowest BCUT2D eigenvalue weighted by Gasteiger charge is -2.22. The molecule has 0 saturated heterocycles. The van der Waals surface area contributed by atoms with Gasteiger partial charge in [-0.25, -0.2) is 0 Å². The number of halogens is 3. The summed E-state index contributed by atoms with van der Waals surface area (Å²) in [6.07, 6.45) is -4.34. The summed E-state index contributed by atoms with van der Waals surface area (Å²) in [4.78, 5) is 0. The second-order valence-electron chi connectivity index (χ2n) is 7.29. The van der Waals surface area contributed by atoms with Crippen molar-refractivity contribution < 1.29 is 13.2 Å². The van der Waals surface area contributed by atoms with Crippen LogP contribution in [0.1, 0.15) is 43.0 Å². The van der Waals surface area contributed by atoms with Crippen molar-refractivity contribution in [3.63, 3.8) is 0 Å². The topological polar surface area (TPSA) is 12.0 Å². The molecule has 2 rings (SSSR count). The van der Waals surface area contributed by atoms with Gasteiger partial charge in [0.2, 0.25) is 0 Å². The molecule has 0 bridgehead atoms. The number of hydrogen-bond donors (Lipinski definition) is 1. The van der Waals surface area contributed by atoms with Crippen LogP contribution in [0.15, 0.2) is 36.4 Å². The SMILES string of the molecule is Cc1ccc(CNC(C)(C)C)c(-c2cc(C(F)(F)F)ccc2C)c1. The molecule has 0 unspecified atom stereocenters. The normalized spacial score (nSPS) is 12.5. The Hall–Kier alpha value is -1.81. The van der Waals surface area contributed by atoms with Gasteiger partial charge in [0.1, 0.15) is 0 Å². The van der Waals surface area contributed by atoms with E-state index in [9.17, 15) is 13.2 Å². The van der Waals surface area contributed by atoms with E-state index in [0.29, 0.717) is 12.1 Å². The van der Waals surface area contributed by atoms with Crippen LogP contribution in [-0.4, -0.2) is 5.54 Å². The number of alkyl halides is 3. The summed E-state index contributed by atoms with van der Waals surface area (Å²) in [6.45, 7) is 10.6. The van der Waals surface area contributed by atoms with Crippen molar-refractivity contribution in [3.8, 4) is 11.1 Å². The third kappa shape index (κ3) is 4.60. The van der Waals surface area contributed by atoms with E-state index in [2.05, 4.69) is 26.1 Å². The number of hydrogen-bond acceptors (Lipinski definition) is 1. The zero-order valence-electron chi connectivity index (χ0n) is 14.8. The van der Waals surface area contributed by atoms with Crippen molar-refractivity contribution in [2.75, 3.05) is 0 Å². The van der Waals surface area contributed by atoms with Gasteiger partial charge in [-0.2, -0.15) is 13.2 Å². The predicted octanol–water partition coefficient (Wildman–Crippen LogP) is 5.88. The lowest BCUT2D eigenvalue weighted by Crippen LogP contribution is -2.35. The smallest absolute Gasteiger partial charge is 0.308 e. The molecule has 4 heteroatoms. The van der Waals surface area contributed by atoms with Gasteiger partial charge in [0.25, 0.3) is 0 Å². The monoisotopic (exact) mass is 335 g/mol. The van der Waals surface area contributed by atoms with E-state index in [4.69, 9.17) is 0 Å². The molecule has 0 aliphatic carbocycles. The van der Waals surface area contributed by atoms with Gasteiger partial charge < -0.3 is 5.32 Å². The number of benzene rings is 2. The molecule has 0 spiro atoms. The van der Waals surface area contributed by atoms with Crippen LogP contribution >= 0.6 is 0 Å². The molecule has 0 atom stereocenters. The van der Waals surface area contributed by atoms with E-state index < -0.39 is 11.7 Å². The van der Waals surface area contributed by atoms with Crippen LogP contribution in [0.4, 0.5) is 13.2 Å². The average molecular weight is 335 g/mol. The third-order valence-electron chi connectivity index (χ3n) is 3.93. The fraction of sp³-hybridized carbons (Fsp3) is 0.400. The fourth-order valence-electron chi connectivity index (χ4n) is 2.54. The van der Waals surface area contributed by atoms with Crippen LogP contribution in [0.25, 0.3) is 11.1 Å². The van der Waals surface area contributed by atoms with E-state index >= 15 is 0 Å². The first kappa shape index (κ1) is 18.5. The summed E-state index contributed by atoms with van der Waals surface area (Å²) < 4.78 is 39.3. The molecule has 0 aromatic heterocycles. The highest BCUT2D eigenvalue weighted by Gasteiger charge is 2.31. The van der Waals surface area contributed by atoms with Gasteiger partial charge in [-0.3, -0.25) is 0 Å². The Bertz CT molecular complexity index is 725. The van der Waals surface area contributed by atoms with Crippen LogP contribution in [0.3, 0.4) is 0 Å². The van der Waals surface area contributed by atoms with Crippen LogP contribution < -0.4 is 5.32 Å². The molecule has 1 N–H and O–H groups in total. The lowest BCUT2D eigenvalue weighted by molar-refractivity contribution is -0.137. The Morgan fingerprint density at radius 2 is 1.54 bits per heavy atom. The predicted molar refractivity (Wildman–Crippen MR) is 92.9 cm³/mol. The first-order valence-corrected chi connectivity index (χ1v) is 8.00. The molecule has 0 aliphatic heterocycles. The van der Waals surface area contributed by atoms with Crippen LogP contribution in [-0.2, 0) is 12.7 Å². The fourth-order valence-corrected chi connectivity index (χ4v) is 2.54. The molecule has 24 heavy (non-hydrogen) atoms. The molecule has 0 saturated carbocycles. The van der Waals surface area contributed by atoms with Gasteiger partial charge in [-0.1, -0.05) is 29.8 Å². The van der Waals surface area contributed by atoms with Crippen molar-refractivity contribution in [2.24, 2.45) is 0 Å². The number of aryl methyl sites for hydroxylation is 2. The highest BCUT2D eigenvalue weighted by molar-refractivity contribution is 5.72. The molecule has 0 aliphatic rings. The molecule has 0 amide bonds.